The van der Waals surface area contributed by atoms with Crippen molar-refractivity contribution in [2.75, 3.05) is 18.1 Å². The quantitative estimate of drug-likeness (QED) is 0.747. The summed E-state index contributed by atoms with van der Waals surface area (Å²) in [6, 6.07) is 6.69. The molecule has 0 spiro atoms. The van der Waals surface area contributed by atoms with Crippen LogP contribution in [0.5, 0.6) is 0 Å². The topological polar surface area (TPSA) is 42.4 Å². The van der Waals surface area contributed by atoms with Crippen molar-refractivity contribution in [1.82, 2.24) is 4.98 Å². The van der Waals surface area contributed by atoms with Crippen molar-refractivity contribution < 1.29 is 13.9 Å². The number of fused-ring (bicyclic) bond motifs is 1. The van der Waals surface area contributed by atoms with Crippen LogP contribution < -0.4 is 4.90 Å². The van der Waals surface area contributed by atoms with Crippen LogP contribution in [0.1, 0.15) is 47.8 Å². The Morgan fingerprint density at radius 3 is 2.88 bits per heavy atom. The lowest BCUT2D eigenvalue weighted by molar-refractivity contribution is 0.0519. The molecule has 0 fully saturated rings. The van der Waals surface area contributed by atoms with E-state index >= 15 is 0 Å². The van der Waals surface area contributed by atoms with Gasteiger partial charge in [-0.15, -0.1) is 0 Å². The monoisotopic (exact) mass is 362 g/mol. The molecular formula is C19H20ClFN2O2. The molecule has 1 unspecified atom stereocenters. The molecule has 4 nitrogen and oxygen atoms in total. The summed E-state index contributed by atoms with van der Waals surface area (Å²) in [6.07, 6.45) is 2.63. The Labute approximate surface area is 151 Å². The molecule has 0 saturated carbocycles. The summed E-state index contributed by atoms with van der Waals surface area (Å²) in [4.78, 5) is 18.3. The highest BCUT2D eigenvalue weighted by molar-refractivity contribution is 6.30. The highest BCUT2D eigenvalue weighted by atomic mass is 35.5. The molecule has 0 saturated heterocycles. The van der Waals surface area contributed by atoms with Gasteiger partial charge in [0.1, 0.15) is 11.5 Å². The number of aromatic nitrogens is 1. The first-order valence-electron chi connectivity index (χ1n) is 8.39. The zero-order valence-corrected chi connectivity index (χ0v) is 15.0. The van der Waals surface area contributed by atoms with Gasteiger partial charge < -0.3 is 9.64 Å². The number of rotatable bonds is 4. The van der Waals surface area contributed by atoms with Crippen LogP contribution in [0.3, 0.4) is 0 Å². The normalized spacial score (nSPS) is 16.5. The fraction of sp³-hybridized carbons (Fsp3) is 0.368. The average molecular weight is 363 g/mol. The Balaban J connectivity index is 1.91. The second-order valence-electron chi connectivity index (χ2n) is 6.07. The van der Waals surface area contributed by atoms with Gasteiger partial charge in [-0.1, -0.05) is 18.5 Å². The summed E-state index contributed by atoms with van der Waals surface area (Å²) in [5.41, 5.74) is 3.29. The number of hydrogen-bond acceptors (Lipinski definition) is 4. The lowest BCUT2D eigenvalue weighted by atomic mass is 9.88. The van der Waals surface area contributed by atoms with Gasteiger partial charge in [0.2, 0.25) is 0 Å². The summed E-state index contributed by atoms with van der Waals surface area (Å²) in [6.45, 7) is 5.56. The number of esters is 1. The van der Waals surface area contributed by atoms with Crippen molar-refractivity contribution in [2.45, 2.75) is 32.7 Å². The fourth-order valence-electron chi connectivity index (χ4n) is 3.19. The zero-order valence-electron chi connectivity index (χ0n) is 14.3. The number of halogens is 2. The van der Waals surface area contributed by atoms with E-state index in [0.717, 1.165) is 29.8 Å². The molecule has 0 aliphatic carbocycles. The van der Waals surface area contributed by atoms with Gasteiger partial charge >= 0.3 is 5.97 Å². The highest BCUT2D eigenvalue weighted by Gasteiger charge is 2.26. The van der Waals surface area contributed by atoms with E-state index in [2.05, 4.69) is 16.8 Å². The summed E-state index contributed by atoms with van der Waals surface area (Å²) in [7, 11) is 0. The molecule has 1 aliphatic rings. The van der Waals surface area contributed by atoms with Gasteiger partial charge in [-0.05, 0) is 48.7 Å². The second-order valence-corrected chi connectivity index (χ2v) is 6.48. The van der Waals surface area contributed by atoms with Crippen molar-refractivity contribution >= 4 is 23.3 Å². The standard InChI is InChI=1S/C19H20ClFN2O2/c1-3-12-10-23(14-5-6-16(20)17(21)7-14)11-13-9-22-18(8-15(12)13)19(24)25-4-2/h5-9,12H,3-4,10-11H2,1-2H3. The van der Waals surface area contributed by atoms with Crippen LogP contribution in [0, 0.1) is 5.82 Å². The van der Waals surface area contributed by atoms with Crippen LogP contribution in [-0.2, 0) is 11.3 Å². The SMILES string of the molecule is CCOC(=O)c1cc2c(cn1)CN(c1ccc(Cl)c(F)c1)CC2CC. The molecule has 2 heterocycles. The molecule has 2 aromatic rings. The lowest BCUT2D eigenvalue weighted by Gasteiger charge is -2.36. The summed E-state index contributed by atoms with van der Waals surface area (Å²) < 4.78 is 18.8. The first-order valence-corrected chi connectivity index (χ1v) is 8.77. The summed E-state index contributed by atoms with van der Waals surface area (Å²) in [5.74, 6) is -0.588. The van der Waals surface area contributed by atoms with E-state index in [1.165, 1.54) is 6.07 Å². The maximum absolute atomic E-state index is 13.8. The largest absolute Gasteiger partial charge is 0.461 e. The fourth-order valence-corrected chi connectivity index (χ4v) is 3.31. The van der Waals surface area contributed by atoms with Crippen LogP contribution in [-0.4, -0.2) is 24.1 Å². The minimum atomic E-state index is -0.422. The predicted molar refractivity (Wildman–Crippen MR) is 95.7 cm³/mol. The summed E-state index contributed by atoms with van der Waals surface area (Å²) in [5, 5.41) is 0.119. The van der Waals surface area contributed by atoms with Gasteiger partial charge in [0, 0.05) is 30.9 Å². The minimum Gasteiger partial charge on any atom is -0.461 e. The molecular weight excluding hydrogens is 343 g/mol. The average Bonchev–Trinajstić information content (AvgIpc) is 2.62. The van der Waals surface area contributed by atoms with E-state index in [4.69, 9.17) is 16.3 Å². The molecule has 25 heavy (non-hydrogen) atoms. The Morgan fingerprint density at radius 2 is 2.20 bits per heavy atom. The van der Waals surface area contributed by atoms with E-state index < -0.39 is 11.8 Å². The van der Waals surface area contributed by atoms with E-state index in [0.29, 0.717) is 18.8 Å². The first-order chi connectivity index (χ1) is 12.0. The van der Waals surface area contributed by atoms with Gasteiger partial charge in [-0.2, -0.15) is 0 Å². The molecule has 3 rings (SSSR count). The molecule has 1 atom stereocenters. The maximum atomic E-state index is 13.8. The smallest absolute Gasteiger partial charge is 0.356 e. The van der Waals surface area contributed by atoms with Crippen molar-refractivity contribution in [1.29, 1.82) is 0 Å². The van der Waals surface area contributed by atoms with Gasteiger partial charge in [0.05, 0.1) is 11.6 Å². The molecule has 1 aromatic carbocycles. The van der Waals surface area contributed by atoms with Gasteiger partial charge in [0.25, 0.3) is 0 Å². The molecule has 0 radical (unpaired) electrons. The number of nitrogens with zero attached hydrogens (tertiary/aromatic N) is 2. The minimum absolute atomic E-state index is 0.119. The molecule has 132 valence electrons. The third-order valence-electron chi connectivity index (χ3n) is 4.51. The van der Waals surface area contributed by atoms with Crippen molar-refractivity contribution in [3.05, 3.63) is 58.1 Å². The number of carbonyl (C=O) groups excluding carboxylic acids is 1. The van der Waals surface area contributed by atoms with Crippen LogP contribution in [0.25, 0.3) is 0 Å². The zero-order chi connectivity index (χ0) is 18.0. The number of benzene rings is 1. The predicted octanol–water partition coefficient (Wildman–Crippen LogP) is 4.56. The number of ether oxygens (including phenoxy) is 1. The third kappa shape index (κ3) is 3.61. The number of carbonyl (C=O) groups is 1. The maximum Gasteiger partial charge on any atom is 0.356 e. The lowest BCUT2D eigenvalue weighted by Crippen LogP contribution is -2.34. The first kappa shape index (κ1) is 17.7. The molecule has 6 heteroatoms. The Kier molecular flexibility index (Phi) is 5.23. The molecule has 0 N–H and O–H groups in total. The van der Waals surface area contributed by atoms with Crippen molar-refractivity contribution in [2.24, 2.45) is 0 Å². The van der Waals surface area contributed by atoms with Gasteiger partial charge in [-0.25, -0.2) is 14.2 Å². The number of hydrogen-bond donors (Lipinski definition) is 0. The second kappa shape index (κ2) is 7.40. The summed E-state index contributed by atoms with van der Waals surface area (Å²) >= 11 is 5.78. The van der Waals surface area contributed by atoms with Crippen molar-refractivity contribution in [3.63, 3.8) is 0 Å². The third-order valence-corrected chi connectivity index (χ3v) is 4.82. The number of pyridine rings is 1. The Bertz CT molecular complexity index is 797. The Morgan fingerprint density at radius 1 is 1.40 bits per heavy atom. The van der Waals surface area contributed by atoms with Crippen LogP contribution in [0.2, 0.25) is 5.02 Å². The number of anilines is 1. The van der Waals surface area contributed by atoms with E-state index in [9.17, 15) is 9.18 Å². The molecule has 1 aromatic heterocycles. The highest BCUT2D eigenvalue weighted by Crippen LogP contribution is 2.34. The van der Waals surface area contributed by atoms with Gasteiger partial charge in [0.15, 0.2) is 0 Å². The van der Waals surface area contributed by atoms with Gasteiger partial charge in [-0.3, -0.25) is 0 Å². The van der Waals surface area contributed by atoms with Crippen LogP contribution in [0.15, 0.2) is 30.5 Å². The van der Waals surface area contributed by atoms with Crippen LogP contribution >= 0.6 is 11.6 Å². The molecule has 1 aliphatic heterocycles. The van der Waals surface area contributed by atoms with Crippen LogP contribution in [0.4, 0.5) is 10.1 Å². The molecule has 0 bridgehead atoms. The van der Waals surface area contributed by atoms with E-state index in [1.807, 2.05) is 12.1 Å². The van der Waals surface area contributed by atoms with Crippen molar-refractivity contribution in [3.8, 4) is 0 Å². The van der Waals surface area contributed by atoms with E-state index in [-0.39, 0.29) is 10.9 Å². The molecule has 0 amide bonds. The van der Waals surface area contributed by atoms with E-state index in [1.54, 1.807) is 19.2 Å². The Hall–Kier alpha value is -2.14.